The summed E-state index contributed by atoms with van der Waals surface area (Å²) in [6.45, 7) is 3.74. The van der Waals surface area contributed by atoms with E-state index in [2.05, 4.69) is 10.6 Å². The van der Waals surface area contributed by atoms with Crippen LogP contribution in [0.1, 0.15) is 37.0 Å². The lowest BCUT2D eigenvalue weighted by Crippen LogP contribution is -2.31. The van der Waals surface area contributed by atoms with E-state index in [4.69, 9.17) is 5.11 Å². The summed E-state index contributed by atoms with van der Waals surface area (Å²) in [5, 5.41) is 14.4. The molecule has 0 spiro atoms. The number of carbonyl (C=O) groups excluding carboxylic acids is 2. The predicted octanol–water partition coefficient (Wildman–Crippen LogP) is 1.63. The Morgan fingerprint density at radius 3 is 2.14 bits per heavy atom. The van der Waals surface area contributed by atoms with Gasteiger partial charge in [-0.25, -0.2) is 0 Å². The van der Waals surface area contributed by atoms with E-state index in [0.717, 1.165) is 0 Å². The first-order chi connectivity index (χ1) is 9.85. The maximum absolute atomic E-state index is 11.9. The number of rotatable bonds is 5. The average Bonchev–Trinajstić information content (AvgIpc) is 3.20. The number of carboxylic acid groups (broad SMARTS) is 1. The molecule has 0 saturated heterocycles. The molecule has 3 N–H and O–H groups in total. The first kappa shape index (κ1) is 15.0. The van der Waals surface area contributed by atoms with Crippen molar-refractivity contribution < 1.29 is 19.5 Å². The smallest absolute Gasteiger partial charge is 0.319 e. The summed E-state index contributed by atoms with van der Waals surface area (Å²) >= 11 is 0. The van der Waals surface area contributed by atoms with Crippen molar-refractivity contribution in [3.8, 4) is 0 Å². The van der Waals surface area contributed by atoms with Crippen LogP contribution in [0.3, 0.4) is 0 Å². The van der Waals surface area contributed by atoms with Crippen molar-refractivity contribution in [2.45, 2.75) is 32.7 Å². The molecule has 0 bridgehead atoms. The van der Waals surface area contributed by atoms with Gasteiger partial charge in [0.15, 0.2) is 0 Å². The predicted molar refractivity (Wildman–Crippen MR) is 77.0 cm³/mol. The van der Waals surface area contributed by atoms with Gasteiger partial charge in [-0.2, -0.15) is 0 Å². The van der Waals surface area contributed by atoms with E-state index in [0.29, 0.717) is 24.1 Å². The molecule has 2 amide bonds. The highest BCUT2D eigenvalue weighted by atomic mass is 16.4. The third kappa shape index (κ3) is 3.21. The van der Waals surface area contributed by atoms with E-state index in [-0.39, 0.29) is 11.9 Å². The summed E-state index contributed by atoms with van der Waals surface area (Å²) in [6.07, 6.45) is 0.728. The number of aliphatic carboxylic acids is 1. The minimum atomic E-state index is -1.27. The number of anilines is 1. The summed E-state index contributed by atoms with van der Waals surface area (Å²) in [6, 6.07) is 6.40. The van der Waals surface area contributed by atoms with Crippen molar-refractivity contribution >= 4 is 23.5 Å². The van der Waals surface area contributed by atoms with Gasteiger partial charge < -0.3 is 15.7 Å². The molecule has 1 aromatic carbocycles. The monoisotopic (exact) mass is 290 g/mol. The van der Waals surface area contributed by atoms with Gasteiger partial charge in [0.25, 0.3) is 5.91 Å². The third-order valence-electron chi connectivity index (χ3n) is 3.42. The van der Waals surface area contributed by atoms with Crippen molar-refractivity contribution in [3.05, 3.63) is 29.8 Å². The van der Waals surface area contributed by atoms with Crippen molar-refractivity contribution in [2.75, 3.05) is 5.32 Å². The zero-order valence-corrected chi connectivity index (χ0v) is 12.0. The number of nitrogens with one attached hydrogen (secondary N) is 2. The molecule has 0 heterocycles. The lowest BCUT2D eigenvalue weighted by Gasteiger charge is -2.12. The minimum absolute atomic E-state index is 0.0437. The molecule has 6 nitrogen and oxygen atoms in total. The molecular formula is C15H18N2O4. The molecule has 1 aliphatic rings. The van der Waals surface area contributed by atoms with E-state index in [1.54, 1.807) is 24.3 Å². The quantitative estimate of drug-likeness (QED) is 0.718. The Balaban J connectivity index is 2.02. The van der Waals surface area contributed by atoms with Crippen molar-refractivity contribution in [3.63, 3.8) is 0 Å². The number of carbonyl (C=O) groups is 3. The maximum atomic E-state index is 11.9. The molecule has 0 radical (unpaired) electrons. The molecule has 0 aliphatic heterocycles. The van der Waals surface area contributed by atoms with Crippen molar-refractivity contribution in [1.82, 2.24) is 5.32 Å². The molecule has 0 unspecified atom stereocenters. The summed E-state index contributed by atoms with van der Waals surface area (Å²) in [4.78, 5) is 34.7. The van der Waals surface area contributed by atoms with E-state index >= 15 is 0 Å². The second kappa shape index (κ2) is 5.55. The number of carboxylic acids is 1. The largest absolute Gasteiger partial charge is 0.480 e. The lowest BCUT2D eigenvalue weighted by atomic mass is 10.1. The number of hydrogen-bond donors (Lipinski definition) is 3. The molecule has 21 heavy (non-hydrogen) atoms. The Morgan fingerprint density at radius 2 is 1.71 bits per heavy atom. The fourth-order valence-corrected chi connectivity index (χ4v) is 1.96. The highest BCUT2D eigenvalue weighted by Crippen LogP contribution is 2.46. The summed E-state index contributed by atoms with van der Waals surface area (Å²) in [5.74, 6) is -1.78. The standard InChI is InChI=1S/C15H18N2O4/c1-9(2)16-12(18)10-3-5-11(6-4-10)17-13(19)15(7-8-15)14(20)21/h3-6,9H,7-8H2,1-2H3,(H,16,18)(H,17,19)(H,20,21). The Labute approximate surface area is 122 Å². The van der Waals surface area contributed by atoms with Crippen LogP contribution >= 0.6 is 0 Å². The van der Waals surface area contributed by atoms with Crippen LogP contribution in [0, 0.1) is 5.41 Å². The molecule has 1 aliphatic carbocycles. The first-order valence-corrected chi connectivity index (χ1v) is 6.81. The van der Waals surface area contributed by atoms with E-state index in [1.807, 2.05) is 13.8 Å². The Morgan fingerprint density at radius 1 is 1.14 bits per heavy atom. The average molecular weight is 290 g/mol. The topological polar surface area (TPSA) is 95.5 Å². The molecule has 112 valence electrons. The SMILES string of the molecule is CC(C)NC(=O)c1ccc(NC(=O)C2(C(=O)O)CC2)cc1. The molecule has 1 saturated carbocycles. The second-order valence-corrected chi connectivity index (χ2v) is 5.55. The molecule has 1 fully saturated rings. The van der Waals surface area contributed by atoms with Crippen LogP contribution < -0.4 is 10.6 Å². The third-order valence-corrected chi connectivity index (χ3v) is 3.42. The summed E-state index contributed by atoms with van der Waals surface area (Å²) in [7, 11) is 0. The Bertz CT molecular complexity index is 574. The van der Waals surface area contributed by atoms with Crippen LogP contribution in [0.25, 0.3) is 0 Å². The molecule has 1 aromatic rings. The van der Waals surface area contributed by atoms with Gasteiger partial charge in [0.1, 0.15) is 5.41 Å². The van der Waals surface area contributed by atoms with Gasteiger partial charge in [-0.05, 0) is 51.0 Å². The maximum Gasteiger partial charge on any atom is 0.319 e. The van der Waals surface area contributed by atoms with Gasteiger partial charge in [-0.1, -0.05) is 0 Å². The Hall–Kier alpha value is -2.37. The summed E-state index contributed by atoms with van der Waals surface area (Å²) in [5.41, 5.74) is -0.303. The van der Waals surface area contributed by atoms with Crippen molar-refractivity contribution in [1.29, 1.82) is 0 Å². The van der Waals surface area contributed by atoms with Gasteiger partial charge in [0.05, 0.1) is 0 Å². The molecule has 0 atom stereocenters. The van der Waals surface area contributed by atoms with Gasteiger partial charge in [-0.3, -0.25) is 14.4 Å². The fourth-order valence-electron chi connectivity index (χ4n) is 1.96. The van der Waals surface area contributed by atoms with E-state index in [9.17, 15) is 14.4 Å². The van der Waals surface area contributed by atoms with Crippen molar-refractivity contribution in [2.24, 2.45) is 5.41 Å². The highest BCUT2D eigenvalue weighted by molar-refractivity contribution is 6.10. The number of benzene rings is 1. The second-order valence-electron chi connectivity index (χ2n) is 5.55. The van der Waals surface area contributed by atoms with Crippen LogP contribution in [0.2, 0.25) is 0 Å². The van der Waals surface area contributed by atoms with Crippen LogP contribution in [-0.4, -0.2) is 28.9 Å². The van der Waals surface area contributed by atoms with Crippen LogP contribution in [-0.2, 0) is 9.59 Å². The fraction of sp³-hybridized carbons (Fsp3) is 0.400. The molecule has 0 aromatic heterocycles. The van der Waals surface area contributed by atoms with Gasteiger partial charge in [0, 0.05) is 17.3 Å². The minimum Gasteiger partial charge on any atom is -0.480 e. The number of hydrogen-bond acceptors (Lipinski definition) is 3. The van der Waals surface area contributed by atoms with Gasteiger partial charge in [-0.15, -0.1) is 0 Å². The normalized spacial score (nSPS) is 15.4. The van der Waals surface area contributed by atoms with Gasteiger partial charge >= 0.3 is 5.97 Å². The first-order valence-electron chi connectivity index (χ1n) is 6.81. The zero-order valence-electron chi connectivity index (χ0n) is 12.0. The molecule has 6 heteroatoms. The zero-order chi connectivity index (χ0) is 15.6. The van der Waals surface area contributed by atoms with E-state index in [1.165, 1.54) is 0 Å². The summed E-state index contributed by atoms with van der Waals surface area (Å²) < 4.78 is 0. The van der Waals surface area contributed by atoms with Gasteiger partial charge in [0.2, 0.25) is 5.91 Å². The molecule has 2 rings (SSSR count). The van der Waals surface area contributed by atoms with Crippen LogP contribution in [0.4, 0.5) is 5.69 Å². The van der Waals surface area contributed by atoms with E-state index < -0.39 is 17.3 Å². The Kier molecular flexibility index (Phi) is 3.97. The van der Waals surface area contributed by atoms with Crippen LogP contribution in [0.5, 0.6) is 0 Å². The molecular weight excluding hydrogens is 272 g/mol. The lowest BCUT2D eigenvalue weighted by molar-refractivity contribution is -0.147. The highest BCUT2D eigenvalue weighted by Gasteiger charge is 2.57. The van der Waals surface area contributed by atoms with Crippen LogP contribution in [0.15, 0.2) is 24.3 Å². The number of amides is 2.